The van der Waals surface area contributed by atoms with Crippen molar-refractivity contribution in [3.8, 4) is 34.1 Å². The van der Waals surface area contributed by atoms with Crippen LogP contribution in [0.5, 0.6) is 23.0 Å². The average molecular weight is 236 g/mol. The number of aromatic hydroxyl groups is 4. The predicted octanol–water partition coefficient (Wildman–Crippen LogP) is 2.32. The Hall–Kier alpha value is -2.43. The summed E-state index contributed by atoms with van der Waals surface area (Å²) >= 11 is 0. The van der Waals surface area contributed by atoms with E-state index in [0.29, 0.717) is 0 Å². The second-order valence-corrected chi connectivity index (χ2v) is 3.49. The van der Waals surface area contributed by atoms with E-state index in [4.69, 9.17) is 0 Å². The van der Waals surface area contributed by atoms with E-state index >= 15 is 0 Å². The van der Waals surface area contributed by atoms with Crippen LogP contribution in [0.2, 0.25) is 0 Å². The summed E-state index contributed by atoms with van der Waals surface area (Å²) in [4.78, 5) is 0. The molecule has 0 amide bonds. The van der Waals surface area contributed by atoms with Gasteiger partial charge in [-0.15, -0.1) is 0 Å². The lowest BCUT2D eigenvalue weighted by Crippen LogP contribution is -1.85. The lowest BCUT2D eigenvalue weighted by molar-refractivity contribution is 0.420. The predicted molar refractivity (Wildman–Crippen MR) is 58.5 cm³/mol. The van der Waals surface area contributed by atoms with Crippen LogP contribution in [0, 0.1) is 5.82 Å². The van der Waals surface area contributed by atoms with E-state index in [1.54, 1.807) is 0 Å². The normalized spacial score (nSPS) is 10.4. The molecule has 0 aromatic heterocycles. The first-order valence-electron chi connectivity index (χ1n) is 4.73. The third-order valence-corrected chi connectivity index (χ3v) is 2.36. The molecule has 0 aliphatic heterocycles. The zero-order chi connectivity index (χ0) is 12.6. The van der Waals surface area contributed by atoms with Crippen LogP contribution in [0.1, 0.15) is 0 Å². The van der Waals surface area contributed by atoms with Gasteiger partial charge >= 0.3 is 0 Å². The second kappa shape index (κ2) is 3.86. The Kier molecular flexibility index (Phi) is 2.51. The summed E-state index contributed by atoms with van der Waals surface area (Å²) in [5.74, 6) is -2.59. The maximum Gasteiger partial charge on any atom is 0.165 e. The molecule has 2 rings (SSSR count). The first-order valence-corrected chi connectivity index (χ1v) is 4.73. The lowest BCUT2D eigenvalue weighted by atomic mass is 10.0. The molecule has 4 nitrogen and oxygen atoms in total. The zero-order valence-electron chi connectivity index (χ0n) is 8.55. The molecule has 17 heavy (non-hydrogen) atoms. The molecule has 0 aliphatic carbocycles. The molecule has 0 atom stereocenters. The van der Waals surface area contributed by atoms with Gasteiger partial charge in [-0.2, -0.15) is 0 Å². The Balaban J connectivity index is 2.76. The molecule has 0 unspecified atom stereocenters. The minimum atomic E-state index is -0.930. The molecule has 5 heteroatoms. The van der Waals surface area contributed by atoms with Crippen LogP contribution in [0.4, 0.5) is 4.39 Å². The number of hydrogen-bond donors (Lipinski definition) is 4. The number of halogens is 1. The standard InChI is InChI=1S/C12H9FO4/c13-8-2-4-10(16)11(12(8)17)7-5-6(14)1-3-9(7)15/h1-5,14-17H. The zero-order valence-corrected chi connectivity index (χ0v) is 8.55. The van der Waals surface area contributed by atoms with Crippen LogP contribution in [-0.2, 0) is 0 Å². The highest BCUT2D eigenvalue weighted by Crippen LogP contribution is 2.43. The maximum absolute atomic E-state index is 13.2. The smallest absolute Gasteiger partial charge is 0.165 e. The van der Waals surface area contributed by atoms with Crippen LogP contribution >= 0.6 is 0 Å². The van der Waals surface area contributed by atoms with Gasteiger partial charge in [0.1, 0.15) is 17.2 Å². The van der Waals surface area contributed by atoms with Crippen molar-refractivity contribution in [3.05, 3.63) is 36.1 Å². The summed E-state index contributed by atoms with van der Waals surface area (Å²) in [5, 5.41) is 37.9. The molecular weight excluding hydrogens is 227 g/mol. The van der Waals surface area contributed by atoms with Crippen molar-refractivity contribution in [1.29, 1.82) is 0 Å². The van der Waals surface area contributed by atoms with E-state index in [9.17, 15) is 24.8 Å². The van der Waals surface area contributed by atoms with Crippen LogP contribution in [0.25, 0.3) is 11.1 Å². The Bertz CT molecular complexity index is 581. The highest BCUT2D eigenvalue weighted by atomic mass is 19.1. The molecule has 0 spiro atoms. The third kappa shape index (κ3) is 1.82. The Morgan fingerprint density at radius 2 is 1.47 bits per heavy atom. The van der Waals surface area contributed by atoms with Crippen LogP contribution in [0.15, 0.2) is 30.3 Å². The summed E-state index contributed by atoms with van der Waals surface area (Å²) in [6, 6.07) is 5.46. The SMILES string of the molecule is Oc1ccc(O)c(-c2c(O)ccc(F)c2O)c1. The summed E-state index contributed by atoms with van der Waals surface area (Å²) in [6.07, 6.45) is 0. The lowest BCUT2D eigenvalue weighted by Gasteiger charge is -2.10. The maximum atomic E-state index is 13.2. The molecule has 2 aromatic rings. The second-order valence-electron chi connectivity index (χ2n) is 3.49. The molecule has 0 saturated carbocycles. The van der Waals surface area contributed by atoms with Gasteiger partial charge in [0.2, 0.25) is 0 Å². The van der Waals surface area contributed by atoms with Crippen molar-refractivity contribution in [2.45, 2.75) is 0 Å². The van der Waals surface area contributed by atoms with Gasteiger partial charge in [0.25, 0.3) is 0 Å². The summed E-state index contributed by atoms with van der Waals surface area (Å²) in [6.45, 7) is 0. The molecule has 0 heterocycles. The van der Waals surface area contributed by atoms with Crippen molar-refractivity contribution < 1.29 is 24.8 Å². The van der Waals surface area contributed by atoms with Crippen molar-refractivity contribution in [2.24, 2.45) is 0 Å². The van der Waals surface area contributed by atoms with E-state index in [2.05, 4.69) is 0 Å². The highest BCUT2D eigenvalue weighted by molar-refractivity contribution is 5.81. The van der Waals surface area contributed by atoms with Crippen LogP contribution in [-0.4, -0.2) is 20.4 Å². The Labute approximate surface area is 95.8 Å². The fourth-order valence-electron chi connectivity index (χ4n) is 1.54. The van der Waals surface area contributed by atoms with Crippen molar-refractivity contribution >= 4 is 0 Å². The summed E-state index contributed by atoms with van der Waals surface area (Å²) in [5.41, 5.74) is -0.321. The number of rotatable bonds is 1. The molecule has 0 saturated heterocycles. The van der Waals surface area contributed by atoms with Crippen molar-refractivity contribution in [1.82, 2.24) is 0 Å². The quantitative estimate of drug-likeness (QED) is 0.573. The fourth-order valence-corrected chi connectivity index (χ4v) is 1.54. The monoisotopic (exact) mass is 236 g/mol. The number of benzene rings is 2. The Morgan fingerprint density at radius 1 is 0.824 bits per heavy atom. The van der Waals surface area contributed by atoms with Gasteiger partial charge in [0, 0.05) is 5.56 Å². The molecule has 0 radical (unpaired) electrons. The molecule has 0 fully saturated rings. The molecule has 88 valence electrons. The first kappa shape index (κ1) is 11.1. The molecule has 0 aliphatic rings. The number of phenols is 4. The van der Waals surface area contributed by atoms with Crippen molar-refractivity contribution in [2.75, 3.05) is 0 Å². The third-order valence-electron chi connectivity index (χ3n) is 2.36. The molecule has 2 aromatic carbocycles. The van der Waals surface area contributed by atoms with Gasteiger partial charge < -0.3 is 20.4 Å². The van der Waals surface area contributed by atoms with E-state index in [-0.39, 0.29) is 22.6 Å². The van der Waals surface area contributed by atoms with E-state index in [1.165, 1.54) is 12.1 Å². The van der Waals surface area contributed by atoms with Gasteiger partial charge in [-0.1, -0.05) is 0 Å². The minimum absolute atomic E-state index is 0.0560. The molecular formula is C12H9FO4. The van der Waals surface area contributed by atoms with E-state index in [1.807, 2.05) is 0 Å². The summed E-state index contributed by atoms with van der Waals surface area (Å²) < 4.78 is 13.2. The summed E-state index contributed by atoms with van der Waals surface area (Å²) in [7, 11) is 0. The van der Waals surface area contributed by atoms with Gasteiger partial charge in [-0.3, -0.25) is 0 Å². The topological polar surface area (TPSA) is 80.9 Å². The van der Waals surface area contributed by atoms with Gasteiger partial charge in [-0.25, -0.2) is 4.39 Å². The molecule has 0 bridgehead atoms. The van der Waals surface area contributed by atoms with Crippen LogP contribution in [0.3, 0.4) is 0 Å². The van der Waals surface area contributed by atoms with Gasteiger partial charge in [-0.05, 0) is 30.3 Å². The highest BCUT2D eigenvalue weighted by Gasteiger charge is 2.17. The molecule has 4 N–H and O–H groups in total. The fraction of sp³-hybridized carbons (Fsp3) is 0. The van der Waals surface area contributed by atoms with E-state index in [0.717, 1.165) is 18.2 Å². The number of hydrogen-bond acceptors (Lipinski definition) is 4. The Morgan fingerprint density at radius 3 is 2.18 bits per heavy atom. The van der Waals surface area contributed by atoms with E-state index < -0.39 is 17.3 Å². The minimum Gasteiger partial charge on any atom is -0.508 e. The average Bonchev–Trinajstić information content (AvgIpc) is 2.29. The largest absolute Gasteiger partial charge is 0.508 e. The van der Waals surface area contributed by atoms with Crippen molar-refractivity contribution in [3.63, 3.8) is 0 Å². The van der Waals surface area contributed by atoms with Gasteiger partial charge in [0.15, 0.2) is 11.6 Å². The van der Waals surface area contributed by atoms with Crippen LogP contribution < -0.4 is 0 Å². The number of phenolic OH excluding ortho intramolecular Hbond substituents is 4. The first-order chi connectivity index (χ1) is 8.00. The van der Waals surface area contributed by atoms with Gasteiger partial charge in [0.05, 0.1) is 5.56 Å².